The first kappa shape index (κ1) is 16.9. The van der Waals surface area contributed by atoms with Crippen LogP contribution < -0.4 is 0 Å². The number of nitro benzene ring substituents is 1. The van der Waals surface area contributed by atoms with Crippen molar-refractivity contribution < 1.29 is 19.6 Å². The lowest BCUT2D eigenvalue weighted by Crippen LogP contribution is -1.87. The van der Waals surface area contributed by atoms with Gasteiger partial charge in [0.1, 0.15) is 5.75 Å². The molecule has 1 aromatic heterocycles. The third-order valence-corrected chi connectivity index (χ3v) is 3.34. The highest BCUT2D eigenvalue weighted by Crippen LogP contribution is 2.21. The fraction of sp³-hybridized carbons (Fsp3) is 0. The molecule has 0 radical (unpaired) electrons. The second kappa shape index (κ2) is 7.31. The van der Waals surface area contributed by atoms with Gasteiger partial charge < -0.3 is 14.6 Å². The molecule has 1 heterocycles. The number of non-ortho nitro benzene ring substituents is 1. The van der Waals surface area contributed by atoms with E-state index < -0.39 is 10.9 Å². The highest BCUT2D eigenvalue weighted by molar-refractivity contribution is 5.82. The molecule has 130 valence electrons. The quantitative estimate of drug-likeness (QED) is 0.408. The predicted octanol–water partition coefficient (Wildman–Crippen LogP) is 3.92. The van der Waals surface area contributed by atoms with E-state index in [1.807, 2.05) is 0 Å². The molecule has 0 bridgehead atoms. The number of hydrogen-bond donors (Lipinski definition) is 2. The Labute approximate surface area is 147 Å². The molecule has 8 nitrogen and oxygen atoms in total. The van der Waals surface area contributed by atoms with Gasteiger partial charge in [0.25, 0.3) is 5.69 Å². The van der Waals surface area contributed by atoms with Crippen molar-refractivity contribution in [3.8, 4) is 11.7 Å². The zero-order chi connectivity index (χ0) is 18.5. The van der Waals surface area contributed by atoms with Crippen LogP contribution in [0.1, 0.15) is 17.1 Å². The molecule has 3 rings (SSSR count). The Bertz CT molecular complexity index is 990. The van der Waals surface area contributed by atoms with E-state index in [4.69, 9.17) is 4.42 Å². The smallest absolute Gasteiger partial charge is 0.312 e. The largest absolute Gasteiger partial charge is 0.508 e. The lowest BCUT2D eigenvalue weighted by atomic mass is 10.2. The maximum absolute atomic E-state index is 10.8. The number of hydrogen-bond acceptors (Lipinski definition) is 7. The zero-order valence-electron chi connectivity index (χ0n) is 13.3. The van der Waals surface area contributed by atoms with E-state index in [1.54, 1.807) is 30.3 Å². The van der Waals surface area contributed by atoms with Gasteiger partial charge in [-0.15, -0.1) is 0 Å². The molecule has 2 N–H and O–H groups in total. The average molecular weight is 351 g/mol. The van der Waals surface area contributed by atoms with Gasteiger partial charge in [0.2, 0.25) is 5.89 Å². The molecule has 0 saturated carbocycles. The van der Waals surface area contributed by atoms with Gasteiger partial charge in [0.05, 0.1) is 16.8 Å². The van der Waals surface area contributed by atoms with E-state index in [0.717, 1.165) is 0 Å². The van der Waals surface area contributed by atoms with Crippen molar-refractivity contribution >= 4 is 29.7 Å². The fourth-order valence-electron chi connectivity index (χ4n) is 2.08. The molecule has 0 spiro atoms. The molecule has 0 saturated heterocycles. The molecule has 0 aliphatic rings. The van der Waals surface area contributed by atoms with Crippen molar-refractivity contribution in [2.45, 2.75) is 0 Å². The number of benzene rings is 2. The molecule has 0 aliphatic heterocycles. The molecule has 0 aliphatic carbocycles. The highest BCUT2D eigenvalue weighted by atomic mass is 16.6. The summed E-state index contributed by atoms with van der Waals surface area (Å²) in [7, 11) is 0. The molecule has 8 heteroatoms. The summed E-state index contributed by atoms with van der Waals surface area (Å²) in [4.78, 5) is 18.5. The van der Waals surface area contributed by atoms with Gasteiger partial charge >= 0.3 is 5.95 Å². The topological polar surface area (TPSA) is 122 Å². The Balaban J connectivity index is 1.76. The zero-order valence-corrected chi connectivity index (χ0v) is 13.3. The summed E-state index contributed by atoms with van der Waals surface area (Å²) < 4.78 is 5.11. The van der Waals surface area contributed by atoms with Crippen molar-refractivity contribution in [1.82, 2.24) is 4.98 Å². The van der Waals surface area contributed by atoms with Gasteiger partial charge in [-0.2, -0.15) is 0 Å². The van der Waals surface area contributed by atoms with E-state index in [1.165, 1.54) is 36.6 Å². The Morgan fingerprint density at radius 1 is 1.12 bits per heavy atom. The van der Waals surface area contributed by atoms with Crippen molar-refractivity contribution in [2.75, 3.05) is 0 Å². The van der Waals surface area contributed by atoms with E-state index in [9.17, 15) is 20.3 Å². The van der Waals surface area contributed by atoms with Gasteiger partial charge in [-0.05, 0) is 35.9 Å². The number of oxazole rings is 1. The summed E-state index contributed by atoms with van der Waals surface area (Å²) in [6, 6.07) is 12.3. The number of aromatic nitrogens is 1. The first-order chi connectivity index (χ1) is 12.5. The molecule has 26 heavy (non-hydrogen) atoms. The second-order valence-electron chi connectivity index (χ2n) is 5.20. The summed E-state index contributed by atoms with van der Waals surface area (Å²) in [5.74, 6) is -0.144. The monoisotopic (exact) mass is 351 g/mol. The number of nitrogens with zero attached hydrogens (tertiary/aromatic N) is 3. The first-order valence-corrected chi connectivity index (χ1v) is 7.47. The van der Waals surface area contributed by atoms with Crippen LogP contribution in [0.2, 0.25) is 0 Å². The van der Waals surface area contributed by atoms with Crippen LogP contribution in [0.4, 0.5) is 11.4 Å². The van der Waals surface area contributed by atoms with Crippen molar-refractivity contribution in [3.63, 3.8) is 0 Å². The molecule has 0 unspecified atom stereocenters. The molecular formula is C18H13N3O5. The average Bonchev–Trinajstić information content (AvgIpc) is 2.99. The van der Waals surface area contributed by atoms with Gasteiger partial charge in [-0.1, -0.05) is 12.1 Å². The summed E-state index contributed by atoms with van der Waals surface area (Å²) in [6.07, 6.45) is 4.39. The Morgan fingerprint density at radius 3 is 2.62 bits per heavy atom. The standard InChI is InChI=1S/C18H13N3O5/c22-15-7-5-13(6-8-15)19-11-16-18(23)26-17(20-16)9-4-12-2-1-3-14(10-12)21(24)25/h1-11,22-23H/b9-4+,19-11?. The number of rotatable bonds is 5. The van der Waals surface area contributed by atoms with Crippen molar-refractivity contribution in [1.29, 1.82) is 0 Å². The molecule has 3 aromatic rings. The van der Waals surface area contributed by atoms with Gasteiger partial charge in [0.15, 0.2) is 5.69 Å². The third kappa shape index (κ3) is 4.12. The van der Waals surface area contributed by atoms with Gasteiger partial charge in [-0.3, -0.25) is 15.1 Å². The Morgan fingerprint density at radius 2 is 1.88 bits per heavy atom. The minimum atomic E-state index is -0.480. The molecule has 0 atom stereocenters. The number of phenolic OH excluding ortho intramolecular Hbond substituents is 1. The maximum Gasteiger partial charge on any atom is 0.312 e. The minimum Gasteiger partial charge on any atom is -0.508 e. The number of nitro groups is 1. The van der Waals surface area contributed by atoms with Crippen LogP contribution in [0.25, 0.3) is 12.2 Å². The third-order valence-electron chi connectivity index (χ3n) is 3.34. The van der Waals surface area contributed by atoms with Crippen LogP contribution in [-0.2, 0) is 0 Å². The highest BCUT2D eigenvalue weighted by Gasteiger charge is 2.09. The van der Waals surface area contributed by atoms with E-state index >= 15 is 0 Å². The van der Waals surface area contributed by atoms with E-state index in [0.29, 0.717) is 11.3 Å². The Kier molecular flexibility index (Phi) is 4.75. The summed E-state index contributed by atoms with van der Waals surface area (Å²) in [5, 5.41) is 29.8. The minimum absolute atomic E-state index is 0.0240. The number of aliphatic imine (C=N–C) groups is 1. The molecule has 2 aromatic carbocycles. The Hall–Kier alpha value is -3.94. The molecular weight excluding hydrogens is 338 g/mol. The number of phenols is 1. The summed E-state index contributed by atoms with van der Waals surface area (Å²) >= 11 is 0. The van der Waals surface area contributed by atoms with Crippen LogP contribution in [0, 0.1) is 10.1 Å². The predicted molar refractivity (Wildman–Crippen MR) is 95.6 cm³/mol. The van der Waals surface area contributed by atoms with Crippen LogP contribution in [0.5, 0.6) is 11.7 Å². The van der Waals surface area contributed by atoms with Crippen LogP contribution >= 0.6 is 0 Å². The fourth-order valence-corrected chi connectivity index (χ4v) is 2.08. The summed E-state index contributed by atoms with van der Waals surface area (Å²) in [5.41, 5.74) is 1.27. The van der Waals surface area contributed by atoms with Crippen LogP contribution in [0.3, 0.4) is 0 Å². The lowest BCUT2D eigenvalue weighted by Gasteiger charge is -1.93. The molecule has 0 fully saturated rings. The van der Waals surface area contributed by atoms with Crippen molar-refractivity contribution in [3.05, 3.63) is 75.8 Å². The first-order valence-electron chi connectivity index (χ1n) is 7.47. The van der Waals surface area contributed by atoms with Gasteiger partial charge in [-0.25, -0.2) is 4.98 Å². The lowest BCUT2D eigenvalue weighted by molar-refractivity contribution is -0.384. The summed E-state index contributed by atoms with van der Waals surface area (Å²) in [6.45, 7) is 0. The van der Waals surface area contributed by atoms with Gasteiger partial charge in [0, 0.05) is 18.2 Å². The second-order valence-corrected chi connectivity index (χ2v) is 5.20. The van der Waals surface area contributed by atoms with Crippen LogP contribution in [-0.4, -0.2) is 26.3 Å². The molecule has 0 amide bonds. The van der Waals surface area contributed by atoms with E-state index in [2.05, 4.69) is 9.98 Å². The SMILES string of the molecule is O=[N+]([O-])c1cccc(/C=C/c2nc(C=Nc3ccc(O)cc3)c(O)o2)c1. The van der Waals surface area contributed by atoms with Crippen LogP contribution in [0.15, 0.2) is 57.9 Å². The normalized spacial score (nSPS) is 11.4. The number of aromatic hydroxyl groups is 2. The van der Waals surface area contributed by atoms with Crippen molar-refractivity contribution in [2.24, 2.45) is 4.99 Å². The van der Waals surface area contributed by atoms with E-state index in [-0.39, 0.29) is 23.0 Å². The maximum atomic E-state index is 10.8.